The topological polar surface area (TPSA) is 73.7 Å². The number of benzene rings is 2. The molecule has 2 heterocycles. The van der Waals surface area contributed by atoms with Crippen molar-refractivity contribution >= 4 is 16.7 Å². The monoisotopic (exact) mass is 421 g/mol. The molecule has 0 N–H and O–H groups in total. The Morgan fingerprint density at radius 2 is 1.81 bits per heavy atom. The van der Waals surface area contributed by atoms with Crippen LogP contribution in [0.25, 0.3) is 10.8 Å². The second kappa shape index (κ2) is 8.79. The molecule has 1 aliphatic heterocycles. The van der Waals surface area contributed by atoms with E-state index in [0.717, 1.165) is 0 Å². The van der Waals surface area contributed by atoms with Crippen molar-refractivity contribution < 1.29 is 14.3 Å². The largest absolute Gasteiger partial charge is 0.486 e. The molecule has 0 radical (unpaired) electrons. The van der Waals surface area contributed by atoms with Crippen LogP contribution in [0.1, 0.15) is 31.3 Å². The van der Waals surface area contributed by atoms with E-state index in [9.17, 15) is 9.59 Å². The first-order valence-electron chi connectivity index (χ1n) is 10.7. The highest BCUT2D eigenvalue weighted by molar-refractivity contribution is 6.04. The lowest BCUT2D eigenvalue weighted by atomic mass is 10.1. The van der Waals surface area contributed by atoms with E-state index >= 15 is 0 Å². The summed E-state index contributed by atoms with van der Waals surface area (Å²) in [5, 5.41) is 5.55. The molecule has 1 unspecified atom stereocenters. The number of fused-ring (bicyclic) bond motifs is 2. The first-order valence-corrected chi connectivity index (χ1v) is 10.7. The lowest BCUT2D eigenvalue weighted by Gasteiger charge is -2.31. The van der Waals surface area contributed by atoms with Gasteiger partial charge in [-0.1, -0.05) is 44.2 Å². The number of carbonyl (C=O) groups is 1. The molecule has 7 nitrogen and oxygen atoms in total. The summed E-state index contributed by atoms with van der Waals surface area (Å²) < 4.78 is 13.2. The quantitative estimate of drug-likeness (QED) is 0.610. The normalized spacial score (nSPS) is 15.3. The van der Waals surface area contributed by atoms with Crippen molar-refractivity contribution in [1.82, 2.24) is 14.7 Å². The van der Waals surface area contributed by atoms with E-state index in [-0.39, 0.29) is 29.2 Å². The molecule has 0 aliphatic carbocycles. The maximum atomic E-state index is 13.5. The molecular weight excluding hydrogens is 394 g/mol. The predicted molar refractivity (Wildman–Crippen MR) is 119 cm³/mol. The Kier molecular flexibility index (Phi) is 5.93. The molecule has 1 atom stereocenters. The zero-order chi connectivity index (χ0) is 22.0. The highest BCUT2D eigenvalue weighted by atomic mass is 16.6. The molecule has 0 saturated heterocycles. The van der Waals surface area contributed by atoms with Gasteiger partial charge in [0.1, 0.15) is 6.61 Å². The fraction of sp³-hybridized carbons (Fsp3) is 0.375. The zero-order valence-electron chi connectivity index (χ0n) is 18.1. The number of amides is 1. The first kappa shape index (κ1) is 20.9. The zero-order valence-corrected chi connectivity index (χ0v) is 18.1. The maximum Gasteiger partial charge on any atom is 0.275 e. The van der Waals surface area contributed by atoms with Crippen molar-refractivity contribution in [1.29, 1.82) is 0 Å². The number of nitrogens with zero attached hydrogens (tertiary/aromatic N) is 3. The molecular formula is C24H27N3O4. The van der Waals surface area contributed by atoms with Crippen LogP contribution in [0.5, 0.6) is 11.5 Å². The van der Waals surface area contributed by atoms with Gasteiger partial charge in [-0.25, -0.2) is 4.68 Å². The van der Waals surface area contributed by atoms with Gasteiger partial charge in [0.2, 0.25) is 0 Å². The molecule has 1 amide bonds. The van der Waals surface area contributed by atoms with E-state index in [1.54, 1.807) is 23.1 Å². The number of hydrogen-bond donors (Lipinski definition) is 0. The van der Waals surface area contributed by atoms with Crippen LogP contribution in [0.4, 0.5) is 0 Å². The van der Waals surface area contributed by atoms with Gasteiger partial charge in [0.05, 0.1) is 11.9 Å². The van der Waals surface area contributed by atoms with E-state index < -0.39 is 0 Å². The minimum Gasteiger partial charge on any atom is -0.486 e. The Hall–Kier alpha value is -3.35. The van der Waals surface area contributed by atoms with Crippen LogP contribution in [0.2, 0.25) is 0 Å². The maximum absolute atomic E-state index is 13.5. The van der Waals surface area contributed by atoms with Gasteiger partial charge in [-0.15, -0.1) is 0 Å². The van der Waals surface area contributed by atoms with Gasteiger partial charge < -0.3 is 14.4 Å². The van der Waals surface area contributed by atoms with E-state index in [1.807, 2.05) is 51.1 Å². The molecule has 0 spiro atoms. The second-order valence-electron chi connectivity index (χ2n) is 8.12. The van der Waals surface area contributed by atoms with Crippen LogP contribution in [0.15, 0.2) is 53.3 Å². The van der Waals surface area contributed by atoms with Crippen molar-refractivity contribution in [2.24, 2.45) is 5.92 Å². The summed E-state index contributed by atoms with van der Waals surface area (Å²) >= 11 is 0. The van der Waals surface area contributed by atoms with E-state index in [0.29, 0.717) is 48.5 Å². The Labute approximate surface area is 181 Å². The summed E-state index contributed by atoms with van der Waals surface area (Å²) in [6.07, 6.45) is -0.286. The Morgan fingerprint density at radius 3 is 2.52 bits per heavy atom. The van der Waals surface area contributed by atoms with Crippen LogP contribution in [-0.4, -0.2) is 46.4 Å². The molecule has 0 saturated carbocycles. The third-order valence-electron chi connectivity index (χ3n) is 5.27. The minimum absolute atomic E-state index is 0.176. The molecule has 4 rings (SSSR count). The number of carbonyl (C=O) groups excluding carboxylic acids is 1. The number of likely N-dealkylation sites (N-methyl/N-ethyl adjacent to an activating group) is 1. The van der Waals surface area contributed by atoms with E-state index in [1.165, 1.54) is 4.68 Å². The van der Waals surface area contributed by atoms with Crippen LogP contribution >= 0.6 is 0 Å². The number of aromatic nitrogens is 2. The fourth-order valence-corrected chi connectivity index (χ4v) is 3.77. The van der Waals surface area contributed by atoms with Crippen molar-refractivity contribution in [2.45, 2.75) is 33.4 Å². The summed E-state index contributed by atoms with van der Waals surface area (Å²) in [5.41, 5.74) is 0.111. The molecule has 3 aromatic rings. The molecule has 1 aliphatic rings. The van der Waals surface area contributed by atoms with Gasteiger partial charge in [0.15, 0.2) is 23.3 Å². The first-order chi connectivity index (χ1) is 15.0. The van der Waals surface area contributed by atoms with Crippen molar-refractivity contribution in [3.05, 3.63) is 64.6 Å². The summed E-state index contributed by atoms with van der Waals surface area (Å²) in [5.74, 6) is 1.39. The van der Waals surface area contributed by atoms with Crippen LogP contribution < -0.4 is 15.0 Å². The second-order valence-corrected chi connectivity index (χ2v) is 8.12. The van der Waals surface area contributed by atoms with Crippen molar-refractivity contribution in [3.63, 3.8) is 0 Å². The fourth-order valence-electron chi connectivity index (χ4n) is 3.77. The van der Waals surface area contributed by atoms with Crippen LogP contribution in [0.3, 0.4) is 0 Å². The van der Waals surface area contributed by atoms with Gasteiger partial charge in [-0.05, 0) is 31.0 Å². The van der Waals surface area contributed by atoms with Crippen LogP contribution in [-0.2, 0) is 6.54 Å². The Morgan fingerprint density at radius 1 is 1.13 bits per heavy atom. The number of rotatable bonds is 6. The molecule has 0 fully saturated rings. The minimum atomic E-state index is -0.286. The average Bonchev–Trinajstić information content (AvgIpc) is 2.78. The highest BCUT2D eigenvalue weighted by Gasteiger charge is 2.27. The van der Waals surface area contributed by atoms with Gasteiger partial charge in [-0.3, -0.25) is 9.59 Å². The summed E-state index contributed by atoms with van der Waals surface area (Å²) in [4.78, 5) is 28.1. The number of para-hydroxylation sites is 2. The lowest BCUT2D eigenvalue weighted by Crippen LogP contribution is -2.44. The third-order valence-corrected chi connectivity index (χ3v) is 5.27. The SMILES string of the molecule is CCN(CC1COc2ccccc2O1)C(=O)c1nn(CC(C)C)c(=O)c2ccccc12. The van der Waals surface area contributed by atoms with Crippen molar-refractivity contribution in [3.8, 4) is 11.5 Å². The molecule has 7 heteroatoms. The number of ether oxygens (including phenoxy) is 2. The molecule has 0 bridgehead atoms. The standard InChI is InChI=1S/C24H27N3O4/c1-4-26(14-17-15-30-20-11-7-8-12-21(20)31-17)24(29)22-18-9-5-6-10-19(18)23(28)27(25-22)13-16(2)3/h5-12,16-17H,4,13-15H2,1-3H3. The molecule has 2 aromatic carbocycles. The van der Waals surface area contributed by atoms with E-state index in [4.69, 9.17) is 9.47 Å². The Balaban J connectivity index is 1.64. The van der Waals surface area contributed by atoms with Crippen LogP contribution in [0, 0.1) is 5.92 Å². The third kappa shape index (κ3) is 4.26. The lowest BCUT2D eigenvalue weighted by molar-refractivity contribution is 0.0471. The predicted octanol–water partition coefficient (Wildman–Crippen LogP) is 3.35. The number of hydrogen-bond acceptors (Lipinski definition) is 5. The summed E-state index contributed by atoms with van der Waals surface area (Å²) in [6.45, 7) is 7.61. The average molecular weight is 421 g/mol. The van der Waals surface area contributed by atoms with Crippen molar-refractivity contribution in [2.75, 3.05) is 19.7 Å². The summed E-state index contributed by atoms with van der Waals surface area (Å²) in [7, 11) is 0. The smallest absolute Gasteiger partial charge is 0.275 e. The van der Waals surface area contributed by atoms with Gasteiger partial charge in [0.25, 0.3) is 11.5 Å². The van der Waals surface area contributed by atoms with Gasteiger partial charge in [0, 0.05) is 18.5 Å². The van der Waals surface area contributed by atoms with Gasteiger partial charge in [-0.2, -0.15) is 5.10 Å². The highest BCUT2D eigenvalue weighted by Crippen LogP contribution is 2.31. The van der Waals surface area contributed by atoms with E-state index in [2.05, 4.69) is 5.10 Å². The molecule has 31 heavy (non-hydrogen) atoms. The summed E-state index contributed by atoms with van der Waals surface area (Å²) in [6, 6.07) is 14.7. The molecule has 162 valence electrons. The molecule has 1 aromatic heterocycles. The van der Waals surface area contributed by atoms with Gasteiger partial charge >= 0.3 is 0 Å². The Bertz CT molecular complexity index is 1160.